The van der Waals surface area contributed by atoms with Crippen molar-refractivity contribution < 1.29 is 14.6 Å². The highest BCUT2D eigenvalue weighted by Gasteiger charge is 2.39. The van der Waals surface area contributed by atoms with Crippen LogP contribution in [-0.4, -0.2) is 24.1 Å². The summed E-state index contributed by atoms with van der Waals surface area (Å²) in [6.45, 7) is 0.619. The second-order valence-corrected chi connectivity index (χ2v) is 4.16. The normalized spacial score (nSPS) is 24.7. The molecule has 16 heavy (non-hydrogen) atoms. The van der Waals surface area contributed by atoms with E-state index in [4.69, 9.17) is 4.74 Å². The Bertz CT molecular complexity index is 343. The lowest BCUT2D eigenvalue weighted by Crippen LogP contribution is -2.44. The van der Waals surface area contributed by atoms with E-state index < -0.39 is 11.7 Å². The van der Waals surface area contributed by atoms with E-state index in [-0.39, 0.29) is 0 Å². The van der Waals surface area contributed by atoms with Gasteiger partial charge < -0.3 is 9.84 Å². The van der Waals surface area contributed by atoms with Crippen molar-refractivity contribution in [2.75, 3.05) is 6.61 Å². The first-order valence-electron chi connectivity index (χ1n) is 5.63. The van der Waals surface area contributed by atoms with E-state index in [1.54, 1.807) is 12.1 Å². The molecule has 1 aliphatic heterocycles. The Balaban J connectivity index is 2.27. The fourth-order valence-corrected chi connectivity index (χ4v) is 2.12. The lowest BCUT2D eigenvalue weighted by molar-refractivity contribution is -0.152. The van der Waals surface area contributed by atoms with Gasteiger partial charge in [0.05, 0.1) is 6.10 Å². The van der Waals surface area contributed by atoms with E-state index >= 15 is 0 Å². The Kier molecular flexibility index (Phi) is 3.36. The summed E-state index contributed by atoms with van der Waals surface area (Å²) >= 11 is 0. The number of ether oxygens (including phenoxy) is 1. The van der Waals surface area contributed by atoms with Crippen LogP contribution in [0.2, 0.25) is 0 Å². The minimum Gasteiger partial charge on any atom is -0.375 e. The van der Waals surface area contributed by atoms with E-state index in [0.717, 1.165) is 19.3 Å². The fourth-order valence-electron chi connectivity index (χ4n) is 2.12. The minimum atomic E-state index is -1.50. The number of aldehydes is 1. The Labute approximate surface area is 95.0 Å². The number of hydrogen-bond acceptors (Lipinski definition) is 3. The summed E-state index contributed by atoms with van der Waals surface area (Å²) in [6, 6.07) is 8.99. The van der Waals surface area contributed by atoms with Crippen LogP contribution in [0.3, 0.4) is 0 Å². The summed E-state index contributed by atoms with van der Waals surface area (Å²) in [5.74, 6) is 0. The van der Waals surface area contributed by atoms with Crippen LogP contribution in [0.1, 0.15) is 24.8 Å². The van der Waals surface area contributed by atoms with Crippen LogP contribution in [-0.2, 0) is 15.1 Å². The van der Waals surface area contributed by atoms with Gasteiger partial charge in [-0.15, -0.1) is 0 Å². The number of aliphatic hydroxyl groups is 1. The van der Waals surface area contributed by atoms with Crippen LogP contribution in [0.5, 0.6) is 0 Å². The molecule has 2 atom stereocenters. The lowest BCUT2D eigenvalue weighted by atomic mass is 9.86. The first-order valence-corrected chi connectivity index (χ1v) is 5.63. The number of carbonyl (C=O) groups excluding carboxylic acids is 1. The maximum absolute atomic E-state index is 11.2. The van der Waals surface area contributed by atoms with Crippen LogP contribution in [0.15, 0.2) is 30.3 Å². The highest BCUT2D eigenvalue weighted by atomic mass is 16.5. The zero-order valence-corrected chi connectivity index (χ0v) is 9.13. The highest BCUT2D eigenvalue weighted by molar-refractivity contribution is 5.67. The molecule has 0 saturated carbocycles. The molecule has 86 valence electrons. The molecule has 0 bridgehead atoms. The molecule has 1 fully saturated rings. The lowest BCUT2D eigenvalue weighted by Gasteiger charge is -2.34. The van der Waals surface area contributed by atoms with Crippen molar-refractivity contribution in [3.05, 3.63) is 35.9 Å². The van der Waals surface area contributed by atoms with Gasteiger partial charge in [0.2, 0.25) is 0 Å². The first kappa shape index (κ1) is 11.3. The standard InChI is InChI=1S/C13H16O3/c14-10-13(15,11-6-2-1-3-7-11)12-8-4-5-9-16-12/h1-3,6-7,10,12,15H,4-5,8-9H2. The molecule has 0 radical (unpaired) electrons. The van der Waals surface area contributed by atoms with Gasteiger partial charge in [0.1, 0.15) is 0 Å². The van der Waals surface area contributed by atoms with Gasteiger partial charge in [0.15, 0.2) is 11.9 Å². The molecule has 2 rings (SSSR count). The second kappa shape index (κ2) is 4.76. The van der Waals surface area contributed by atoms with Crippen molar-refractivity contribution in [1.82, 2.24) is 0 Å². The van der Waals surface area contributed by atoms with Crippen molar-refractivity contribution in [1.29, 1.82) is 0 Å². The van der Waals surface area contributed by atoms with Crippen molar-refractivity contribution in [3.63, 3.8) is 0 Å². The van der Waals surface area contributed by atoms with E-state index in [9.17, 15) is 9.90 Å². The Morgan fingerprint density at radius 2 is 2.06 bits per heavy atom. The largest absolute Gasteiger partial charge is 0.375 e. The van der Waals surface area contributed by atoms with Gasteiger partial charge in [0.25, 0.3) is 0 Å². The average Bonchev–Trinajstić information content (AvgIpc) is 2.40. The molecule has 1 saturated heterocycles. The molecule has 0 spiro atoms. The van der Waals surface area contributed by atoms with E-state index in [2.05, 4.69) is 0 Å². The van der Waals surface area contributed by atoms with Crippen LogP contribution in [0.25, 0.3) is 0 Å². The second-order valence-electron chi connectivity index (χ2n) is 4.16. The van der Waals surface area contributed by atoms with Crippen molar-refractivity contribution in [3.8, 4) is 0 Å². The Morgan fingerprint density at radius 1 is 1.31 bits per heavy atom. The predicted octanol–water partition coefficient (Wildman–Crippen LogP) is 1.64. The molecule has 1 aromatic carbocycles. The SMILES string of the molecule is O=CC(O)(c1ccccc1)C1CCCCO1. The molecule has 0 aromatic heterocycles. The molecule has 3 heteroatoms. The third-order valence-corrected chi connectivity index (χ3v) is 3.09. The van der Waals surface area contributed by atoms with Gasteiger partial charge in [-0.3, -0.25) is 4.79 Å². The number of rotatable bonds is 3. The predicted molar refractivity (Wildman–Crippen MR) is 60.0 cm³/mol. The molecule has 2 unspecified atom stereocenters. The molecular formula is C13H16O3. The zero-order valence-electron chi connectivity index (χ0n) is 9.13. The Hall–Kier alpha value is -1.19. The van der Waals surface area contributed by atoms with E-state index in [0.29, 0.717) is 18.5 Å². The van der Waals surface area contributed by atoms with Crippen molar-refractivity contribution >= 4 is 6.29 Å². The molecule has 1 N–H and O–H groups in total. The van der Waals surface area contributed by atoms with Gasteiger partial charge in [-0.1, -0.05) is 30.3 Å². The molecule has 3 nitrogen and oxygen atoms in total. The molecule has 1 heterocycles. The zero-order chi connectivity index (χ0) is 11.4. The molecule has 0 aliphatic carbocycles. The summed E-state index contributed by atoms with van der Waals surface area (Å²) in [5, 5.41) is 10.4. The highest BCUT2D eigenvalue weighted by Crippen LogP contribution is 2.30. The summed E-state index contributed by atoms with van der Waals surface area (Å²) in [4.78, 5) is 11.2. The van der Waals surface area contributed by atoms with Crippen LogP contribution >= 0.6 is 0 Å². The molecule has 1 aliphatic rings. The maximum atomic E-state index is 11.2. The molecule has 1 aromatic rings. The van der Waals surface area contributed by atoms with Gasteiger partial charge in [-0.05, 0) is 24.8 Å². The molecular weight excluding hydrogens is 204 g/mol. The maximum Gasteiger partial charge on any atom is 0.171 e. The third kappa shape index (κ3) is 2.01. The smallest absolute Gasteiger partial charge is 0.171 e. The Morgan fingerprint density at radius 3 is 2.62 bits per heavy atom. The summed E-state index contributed by atoms with van der Waals surface area (Å²) in [5.41, 5.74) is -0.890. The fraction of sp³-hybridized carbons (Fsp3) is 0.462. The average molecular weight is 220 g/mol. The number of carbonyl (C=O) groups is 1. The quantitative estimate of drug-likeness (QED) is 0.788. The first-order chi connectivity index (χ1) is 7.77. The van der Waals surface area contributed by atoms with Gasteiger partial charge in [-0.2, -0.15) is 0 Å². The van der Waals surface area contributed by atoms with Gasteiger partial charge >= 0.3 is 0 Å². The number of hydrogen-bond donors (Lipinski definition) is 1. The van der Waals surface area contributed by atoms with Gasteiger partial charge in [0, 0.05) is 6.61 Å². The minimum absolute atomic E-state index is 0.416. The monoisotopic (exact) mass is 220 g/mol. The third-order valence-electron chi connectivity index (χ3n) is 3.09. The van der Waals surface area contributed by atoms with Gasteiger partial charge in [-0.25, -0.2) is 0 Å². The summed E-state index contributed by atoms with van der Waals surface area (Å²) in [7, 11) is 0. The number of benzene rings is 1. The van der Waals surface area contributed by atoms with Crippen molar-refractivity contribution in [2.45, 2.75) is 31.0 Å². The van der Waals surface area contributed by atoms with E-state index in [1.165, 1.54) is 0 Å². The summed E-state index contributed by atoms with van der Waals surface area (Å²) < 4.78 is 5.51. The topological polar surface area (TPSA) is 46.5 Å². The molecule has 0 amide bonds. The van der Waals surface area contributed by atoms with Crippen LogP contribution in [0, 0.1) is 0 Å². The van der Waals surface area contributed by atoms with Crippen molar-refractivity contribution in [2.24, 2.45) is 0 Å². The summed E-state index contributed by atoms with van der Waals surface area (Å²) in [6.07, 6.45) is 2.90. The van der Waals surface area contributed by atoms with E-state index in [1.807, 2.05) is 18.2 Å². The van der Waals surface area contributed by atoms with Crippen LogP contribution < -0.4 is 0 Å². The van der Waals surface area contributed by atoms with Crippen LogP contribution in [0.4, 0.5) is 0 Å².